The minimum absolute atomic E-state index is 0.230. The molecule has 2 rings (SSSR count). The minimum atomic E-state index is 0.230. The number of aromatic nitrogens is 4. The van der Waals surface area contributed by atoms with E-state index in [1.165, 1.54) is 0 Å². The fourth-order valence-electron chi connectivity index (χ4n) is 1.05. The molecule has 0 aliphatic rings. The number of hydrogen-bond donors (Lipinski definition) is 2. The number of nitrogen functional groups attached to an aromatic ring is 1. The fraction of sp³-hybridized carbons (Fsp3) is 0. The van der Waals surface area contributed by atoms with Gasteiger partial charge in [0.1, 0.15) is 5.82 Å². The minimum Gasteiger partial charge on any atom is -0.369 e. The predicted octanol–water partition coefficient (Wildman–Crippen LogP) is 1.18. The van der Waals surface area contributed by atoms with Crippen molar-refractivity contribution in [1.29, 1.82) is 0 Å². The number of nitrogens with zero attached hydrogens (tertiary/aromatic N) is 3. The monoisotopic (exact) mass is 205 g/mol. The van der Waals surface area contributed by atoms with Crippen molar-refractivity contribution < 1.29 is 0 Å². The molecule has 0 atom stereocenters. The van der Waals surface area contributed by atoms with Crippen molar-refractivity contribution >= 4 is 18.2 Å². The van der Waals surface area contributed by atoms with Gasteiger partial charge in [0.2, 0.25) is 10.7 Å². The zero-order valence-electron chi connectivity index (χ0n) is 7.14. The maximum absolute atomic E-state index is 5.51. The summed E-state index contributed by atoms with van der Waals surface area (Å²) in [5.41, 5.74) is 6.38. The number of hydrogen-bond acceptors (Lipinski definition) is 5. The van der Waals surface area contributed by atoms with E-state index in [1.807, 2.05) is 12.1 Å². The van der Waals surface area contributed by atoms with E-state index in [-0.39, 0.29) is 10.7 Å². The number of rotatable bonds is 1. The van der Waals surface area contributed by atoms with E-state index < -0.39 is 0 Å². The van der Waals surface area contributed by atoms with Crippen LogP contribution in [-0.4, -0.2) is 19.9 Å². The Morgan fingerprint density at radius 1 is 1.21 bits per heavy atom. The van der Waals surface area contributed by atoms with E-state index in [9.17, 15) is 0 Å². The third kappa shape index (κ3) is 1.74. The number of nitrogens with two attached hydrogens (primary N) is 1. The van der Waals surface area contributed by atoms with Gasteiger partial charge in [0.15, 0.2) is 0 Å². The highest BCUT2D eigenvalue weighted by Gasteiger charge is 2.00. The fourth-order valence-corrected chi connectivity index (χ4v) is 1.24. The van der Waals surface area contributed by atoms with E-state index in [1.54, 1.807) is 12.4 Å². The molecule has 0 fully saturated rings. The SMILES string of the molecule is Nc1nc(=S)nc(-c2ccncc2)[nH]1. The second kappa shape index (κ2) is 3.51. The molecule has 0 aliphatic carbocycles. The largest absolute Gasteiger partial charge is 0.369 e. The van der Waals surface area contributed by atoms with Crippen molar-refractivity contribution in [2.45, 2.75) is 0 Å². The number of pyridine rings is 1. The molecule has 0 saturated heterocycles. The van der Waals surface area contributed by atoms with Gasteiger partial charge in [-0.3, -0.25) is 4.98 Å². The number of aromatic amines is 1. The van der Waals surface area contributed by atoms with Gasteiger partial charge in [0, 0.05) is 18.0 Å². The molecule has 2 aromatic heterocycles. The van der Waals surface area contributed by atoms with Crippen molar-refractivity contribution in [1.82, 2.24) is 19.9 Å². The van der Waals surface area contributed by atoms with Gasteiger partial charge in [-0.25, -0.2) is 4.98 Å². The molecule has 0 spiro atoms. The average Bonchev–Trinajstić information content (AvgIpc) is 2.18. The van der Waals surface area contributed by atoms with Crippen molar-refractivity contribution in [3.8, 4) is 11.4 Å². The molecule has 5 nitrogen and oxygen atoms in total. The Hall–Kier alpha value is -1.82. The van der Waals surface area contributed by atoms with Crippen molar-refractivity contribution in [2.24, 2.45) is 0 Å². The molecular formula is C8H7N5S. The molecule has 14 heavy (non-hydrogen) atoms. The Morgan fingerprint density at radius 2 is 1.93 bits per heavy atom. The summed E-state index contributed by atoms with van der Waals surface area (Å²) in [6, 6.07) is 3.63. The van der Waals surface area contributed by atoms with E-state index in [0.717, 1.165) is 5.56 Å². The Morgan fingerprint density at radius 3 is 2.57 bits per heavy atom. The van der Waals surface area contributed by atoms with Crippen LogP contribution in [0.25, 0.3) is 11.4 Å². The molecular weight excluding hydrogens is 198 g/mol. The molecule has 0 aromatic carbocycles. The van der Waals surface area contributed by atoms with Crippen molar-refractivity contribution in [3.63, 3.8) is 0 Å². The first kappa shape index (κ1) is 8.76. The Labute approximate surface area is 85.1 Å². The Bertz CT molecular complexity index is 493. The molecule has 70 valence electrons. The third-order valence-electron chi connectivity index (χ3n) is 1.62. The van der Waals surface area contributed by atoms with E-state index >= 15 is 0 Å². The number of nitrogens with one attached hydrogen (secondary N) is 1. The first-order valence-electron chi connectivity index (χ1n) is 3.90. The van der Waals surface area contributed by atoms with Crippen LogP contribution in [0.3, 0.4) is 0 Å². The molecule has 2 heterocycles. The molecule has 0 saturated carbocycles. The lowest BCUT2D eigenvalue weighted by molar-refractivity contribution is 1.05. The van der Waals surface area contributed by atoms with Gasteiger partial charge in [0.25, 0.3) is 0 Å². The second-order valence-electron chi connectivity index (χ2n) is 2.60. The quantitative estimate of drug-likeness (QED) is 0.683. The molecule has 0 bridgehead atoms. The van der Waals surface area contributed by atoms with Gasteiger partial charge in [-0.1, -0.05) is 0 Å². The summed E-state index contributed by atoms with van der Waals surface area (Å²) in [6.07, 6.45) is 3.34. The third-order valence-corrected chi connectivity index (χ3v) is 1.81. The summed E-state index contributed by atoms with van der Waals surface area (Å²) in [7, 11) is 0. The standard InChI is InChI=1S/C8H7N5S/c9-7-11-6(12-8(14)13-7)5-1-3-10-4-2-5/h1-4H,(H3,9,11,12,13,14). The highest BCUT2D eigenvalue weighted by molar-refractivity contribution is 7.71. The van der Waals surface area contributed by atoms with Crippen LogP contribution in [0.15, 0.2) is 24.5 Å². The molecule has 0 amide bonds. The Balaban J connectivity index is 2.58. The first-order chi connectivity index (χ1) is 6.75. The second-order valence-corrected chi connectivity index (χ2v) is 2.97. The summed E-state index contributed by atoms with van der Waals surface area (Å²) in [4.78, 5) is 14.5. The summed E-state index contributed by atoms with van der Waals surface area (Å²) in [6.45, 7) is 0. The first-order valence-corrected chi connectivity index (χ1v) is 4.31. The summed E-state index contributed by atoms with van der Waals surface area (Å²) < 4.78 is 0.230. The molecule has 0 radical (unpaired) electrons. The van der Waals surface area contributed by atoms with Crippen LogP contribution in [0.4, 0.5) is 5.95 Å². The topological polar surface area (TPSA) is 80.5 Å². The number of anilines is 1. The van der Waals surface area contributed by atoms with E-state index in [0.29, 0.717) is 5.82 Å². The highest BCUT2D eigenvalue weighted by Crippen LogP contribution is 2.12. The van der Waals surface area contributed by atoms with Gasteiger partial charge in [-0.05, 0) is 24.4 Å². The molecule has 6 heteroatoms. The van der Waals surface area contributed by atoms with Crippen molar-refractivity contribution in [2.75, 3.05) is 5.73 Å². The van der Waals surface area contributed by atoms with Gasteiger partial charge >= 0.3 is 0 Å². The maximum atomic E-state index is 5.51. The average molecular weight is 205 g/mol. The van der Waals surface area contributed by atoms with Crippen LogP contribution in [-0.2, 0) is 0 Å². The molecule has 0 aliphatic heterocycles. The van der Waals surface area contributed by atoms with E-state index in [4.69, 9.17) is 18.0 Å². The summed E-state index contributed by atoms with van der Waals surface area (Å²) >= 11 is 4.85. The summed E-state index contributed by atoms with van der Waals surface area (Å²) in [5.74, 6) is 0.863. The van der Waals surface area contributed by atoms with Gasteiger partial charge in [-0.15, -0.1) is 0 Å². The van der Waals surface area contributed by atoms with Gasteiger partial charge in [-0.2, -0.15) is 4.98 Å². The predicted molar refractivity (Wildman–Crippen MR) is 54.9 cm³/mol. The van der Waals surface area contributed by atoms with Crippen LogP contribution in [0.5, 0.6) is 0 Å². The zero-order valence-corrected chi connectivity index (χ0v) is 7.95. The highest BCUT2D eigenvalue weighted by atomic mass is 32.1. The molecule has 2 aromatic rings. The van der Waals surface area contributed by atoms with Crippen LogP contribution in [0.2, 0.25) is 0 Å². The Kier molecular flexibility index (Phi) is 2.19. The van der Waals surface area contributed by atoms with Gasteiger partial charge in [0.05, 0.1) is 0 Å². The lowest BCUT2D eigenvalue weighted by Gasteiger charge is -2.00. The zero-order chi connectivity index (χ0) is 9.97. The smallest absolute Gasteiger partial charge is 0.224 e. The maximum Gasteiger partial charge on any atom is 0.224 e. The van der Waals surface area contributed by atoms with Gasteiger partial charge < -0.3 is 10.7 Å². The van der Waals surface area contributed by atoms with Crippen LogP contribution in [0.1, 0.15) is 0 Å². The van der Waals surface area contributed by atoms with Crippen LogP contribution >= 0.6 is 12.2 Å². The van der Waals surface area contributed by atoms with Crippen LogP contribution < -0.4 is 5.73 Å². The molecule has 0 unspecified atom stereocenters. The number of H-pyrrole nitrogens is 1. The van der Waals surface area contributed by atoms with Crippen LogP contribution in [0, 0.1) is 4.77 Å². The molecule has 3 N–H and O–H groups in total. The summed E-state index contributed by atoms with van der Waals surface area (Å²) in [5, 5.41) is 0. The normalized spacial score (nSPS) is 10.0. The van der Waals surface area contributed by atoms with E-state index in [2.05, 4.69) is 19.9 Å². The van der Waals surface area contributed by atoms with Crippen molar-refractivity contribution in [3.05, 3.63) is 29.3 Å². The lowest BCUT2D eigenvalue weighted by atomic mass is 10.2. The lowest BCUT2D eigenvalue weighted by Crippen LogP contribution is -1.99.